The van der Waals surface area contributed by atoms with E-state index < -0.39 is 124 Å². The van der Waals surface area contributed by atoms with Crippen LogP contribution in [0.3, 0.4) is 0 Å². The summed E-state index contributed by atoms with van der Waals surface area (Å²) in [6.45, 7) is 7.93. The zero-order valence-corrected chi connectivity index (χ0v) is 62.2. The van der Waals surface area contributed by atoms with Crippen molar-refractivity contribution in [3.63, 3.8) is 0 Å². The molecule has 6 aliphatic rings. The molecule has 6 aliphatic heterocycles. The monoisotopic (exact) mass is 1610 g/mol. The first kappa shape index (κ1) is 91.8. The van der Waals surface area contributed by atoms with E-state index in [-0.39, 0.29) is 200 Å². The van der Waals surface area contributed by atoms with Gasteiger partial charge in [-0.3, -0.25) is 103 Å². The van der Waals surface area contributed by atoms with Crippen LogP contribution in [0.2, 0.25) is 0 Å². The SMILES string of the molecule is CC(C)(C)OC(=O)NCCOCCOCC(=O)Nc1cccc2c1C(=O)N(C1CCC(=O)NC1=O)C2=O.Cl.NCCOCCOCC(=O)Nc1cccc2c1C(=O)N(C1CCC(=O)NC1=O)C2=O.[N-]=[N+]=NCCOCCOCC(=O)Nc1cccc2c1C(=O)N(C1CCC(=O)NC1=O)C2=O.[N-]=[N+]=NCCOCCOCC(=O)O. The van der Waals surface area contributed by atoms with Crippen molar-refractivity contribution in [3.05, 3.63) is 109 Å². The molecule has 0 saturated carbocycles. The first-order valence-electron chi connectivity index (χ1n) is 34.6. The normalized spacial score (nSPS) is 16.6. The molecule has 3 aromatic carbocycles. The zero-order chi connectivity index (χ0) is 81.9. The quantitative estimate of drug-likeness (QED) is 0.0127. The Morgan fingerprint density at radius 2 is 0.779 bits per heavy atom. The number of alkyl carbamates (subject to hydrolysis) is 1. The minimum absolute atomic E-state index is 0. The number of hydrogen-bond donors (Lipinski definition) is 9. The summed E-state index contributed by atoms with van der Waals surface area (Å²) in [5.41, 5.74) is 21.3. The number of nitrogens with two attached hydrogens (primary N) is 1. The Hall–Kier alpha value is -11.8. The molecule has 45 heteroatoms. The zero-order valence-electron chi connectivity index (χ0n) is 61.4. The second-order valence-electron chi connectivity index (χ2n) is 24.9. The topological polar surface area (TPSA) is 611 Å². The number of hydrogen-bond acceptors (Lipinski definition) is 29. The maximum atomic E-state index is 13.0. The van der Waals surface area contributed by atoms with Crippen molar-refractivity contribution < 1.29 is 129 Å². The molecule has 3 aromatic rings. The van der Waals surface area contributed by atoms with Crippen molar-refractivity contribution in [1.29, 1.82) is 0 Å². The molecule has 0 aliphatic carbocycles. The smallest absolute Gasteiger partial charge is 0.407 e. The van der Waals surface area contributed by atoms with Gasteiger partial charge in [0.2, 0.25) is 53.2 Å². The third-order valence-corrected chi connectivity index (χ3v) is 15.6. The molecule has 3 saturated heterocycles. The lowest BCUT2D eigenvalue weighted by Gasteiger charge is -2.27. The number of halogens is 1. The molecule has 0 bridgehead atoms. The first-order chi connectivity index (χ1) is 53.6. The van der Waals surface area contributed by atoms with E-state index in [4.69, 9.17) is 59.8 Å². The van der Waals surface area contributed by atoms with E-state index >= 15 is 0 Å². The van der Waals surface area contributed by atoms with Gasteiger partial charge in [0.1, 0.15) is 50.2 Å². The molecule has 9 rings (SSSR count). The highest BCUT2D eigenvalue weighted by Gasteiger charge is 2.49. The van der Waals surface area contributed by atoms with Crippen molar-refractivity contribution >= 4 is 130 Å². The molecule has 0 spiro atoms. The van der Waals surface area contributed by atoms with Crippen LogP contribution < -0.4 is 43.0 Å². The molecule has 0 aromatic heterocycles. The molecule has 16 amide bonds. The third kappa shape index (κ3) is 28.2. The Bertz CT molecular complexity index is 4140. The van der Waals surface area contributed by atoms with Crippen LogP contribution in [-0.4, -0.2) is 276 Å². The van der Waals surface area contributed by atoms with E-state index in [1.807, 2.05) is 0 Å². The number of fused-ring (bicyclic) bond motifs is 3. The number of nitrogens with zero attached hydrogens (tertiary/aromatic N) is 9. The fourth-order valence-electron chi connectivity index (χ4n) is 10.9. The number of azide groups is 2. The van der Waals surface area contributed by atoms with Gasteiger partial charge in [0.25, 0.3) is 35.4 Å². The average molecular weight is 1610 g/mol. The Morgan fingerprint density at radius 3 is 1.08 bits per heavy atom. The molecule has 610 valence electrons. The van der Waals surface area contributed by atoms with Gasteiger partial charge in [-0.2, -0.15) is 0 Å². The molecule has 3 atom stereocenters. The van der Waals surface area contributed by atoms with Crippen LogP contribution in [0.25, 0.3) is 20.9 Å². The first-order valence-corrected chi connectivity index (χ1v) is 34.6. The summed E-state index contributed by atoms with van der Waals surface area (Å²) >= 11 is 0. The number of carboxylic acids is 1. The van der Waals surface area contributed by atoms with Gasteiger partial charge < -0.3 is 74.7 Å². The largest absolute Gasteiger partial charge is 0.480 e. The molecular formula is C68H84ClN17O27. The fraction of sp³-hybridized carbons (Fsp3) is 0.485. The number of nitrogens with one attached hydrogen (secondary N) is 7. The summed E-state index contributed by atoms with van der Waals surface area (Å²) in [4.78, 5) is 214. The van der Waals surface area contributed by atoms with Crippen LogP contribution in [-0.2, 0) is 90.6 Å². The van der Waals surface area contributed by atoms with Crippen molar-refractivity contribution in [1.82, 2.24) is 36.0 Å². The van der Waals surface area contributed by atoms with E-state index in [0.717, 1.165) is 14.7 Å². The van der Waals surface area contributed by atoms with Gasteiger partial charge in [-0.05, 0) is 87.5 Å². The summed E-state index contributed by atoms with van der Waals surface area (Å²) in [6, 6.07) is 10.0. The molecular weight excluding hydrogens is 1520 g/mol. The van der Waals surface area contributed by atoms with E-state index in [1.165, 1.54) is 54.6 Å². The predicted octanol–water partition coefficient (Wildman–Crippen LogP) is 0.809. The van der Waals surface area contributed by atoms with Gasteiger partial charge >= 0.3 is 12.1 Å². The predicted molar refractivity (Wildman–Crippen MR) is 388 cm³/mol. The van der Waals surface area contributed by atoms with Crippen molar-refractivity contribution in [3.8, 4) is 0 Å². The highest BCUT2D eigenvalue weighted by atomic mass is 35.5. The molecule has 3 fully saturated rings. The molecule has 3 unspecified atom stereocenters. The van der Waals surface area contributed by atoms with Crippen molar-refractivity contribution in [2.45, 2.75) is 83.0 Å². The number of carbonyl (C=O) groups is 17. The lowest BCUT2D eigenvalue weighted by atomic mass is 10.0. The number of anilines is 3. The number of rotatable bonds is 37. The number of aliphatic carboxylic acids is 1. The lowest BCUT2D eigenvalue weighted by molar-refractivity contribution is -0.143. The molecule has 44 nitrogen and oxygen atoms in total. The van der Waals surface area contributed by atoms with Gasteiger partial charge in [-0.1, -0.05) is 28.4 Å². The molecule has 0 radical (unpaired) electrons. The van der Waals surface area contributed by atoms with Gasteiger partial charge in [-0.25, -0.2) is 9.59 Å². The van der Waals surface area contributed by atoms with E-state index in [0.29, 0.717) is 33.0 Å². The van der Waals surface area contributed by atoms with Crippen LogP contribution in [0.4, 0.5) is 21.9 Å². The minimum Gasteiger partial charge on any atom is -0.480 e. The highest BCUT2D eigenvalue weighted by Crippen LogP contribution is 2.36. The number of carboxylic acid groups (broad SMARTS) is 1. The summed E-state index contributed by atoms with van der Waals surface area (Å²) in [6.07, 6.45) is -0.370. The van der Waals surface area contributed by atoms with Gasteiger partial charge in [0.15, 0.2) is 0 Å². The molecule has 113 heavy (non-hydrogen) atoms. The van der Waals surface area contributed by atoms with Crippen molar-refractivity contribution in [2.24, 2.45) is 16.0 Å². The minimum atomic E-state index is -1.10. The van der Waals surface area contributed by atoms with Crippen molar-refractivity contribution in [2.75, 3.05) is 148 Å². The summed E-state index contributed by atoms with van der Waals surface area (Å²) < 4.78 is 46.0. The average Bonchev–Trinajstić information content (AvgIpc) is 1.62. The van der Waals surface area contributed by atoms with Gasteiger partial charge in [-0.15, -0.1) is 12.4 Å². The van der Waals surface area contributed by atoms with Crippen LogP contribution in [0.5, 0.6) is 0 Å². The lowest BCUT2D eigenvalue weighted by Crippen LogP contribution is -2.54. The van der Waals surface area contributed by atoms with E-state index in [2.05, 4.69) is 62.0 Å². The standard InChI is InChI=1S/C24H30N4O9.C19H20N6O7.C19H22N4O7.C6H11N3O4.ClH/c1-24(2,3)37-23(34)25-9-10-35-11-12-36-13-18(30)26-15-6-4-5-14-19(15)22(33)28(21(14)32)16-7-8-17(29)27-20(16)31;20-24-21-6-7-31-8-9-32-10-15(27)22-12-3-1-2-11-16(12)19(30)25(18(11)29)13-4-5-14(26)23-17(13)28;20-6-7-29-8-9-30-10-15(25)21-12-3-1-2-11-16(12)19(28)23(18(11)27)13-4-5-14(24)22-17(13)26;7-9-8-1-2-12-3-4-13-5-6(10)11;/h4-6,16H,7-13H2,1-3H3,(H,25,34)(H,26,30)(H,27,29,31);1-3,13H,4-10H2,(H,22,27)(H,23,26,28);1-3,13H,4-10,20H2,(H,21,25)(H,22,24,26);1-5H2,(H,10,11);1H. The number of ether oxygens (including phenoxy) is 9. The second-order valence-corrected chi connectivity index (χ2v) is 24.9. The van der Waals surface area contributed by atoms with Gasteiger partial charge in [0.05, 0.1) is 130 Å². The van der Waals surface area contributed by atoms with Crippen LogP contribution >= 0.6 is 12.4 Å². The Balaban J connectivity index is 0.000000280. The number of amides is 16. The number of piperidine rings is 3. The molecule has 10 N–H and O–H groups in total. The highest BCUT2D eigenvalue weighted by molar-refractivity contribution is 6.28. The number of benzene rings is 3. The summed E-state index contributed by atoms with van der Waals surface area (Å²) in [5, 5.41) is 31.3. The Morgan fingerprint density at radius 1 is 0.469 bits per heavy atom. The maximum Gasteiger partial charge on any atom is 0.407 e. The summed E-state index contributed by atoms with van der Waals surface area (Å²) in [7, 11) is 0. The number of carbonyl (C=O) groups excluding carboxylic acids is 16. The maximum absolute atomic E-state index is 13.0. The van der Waals surface area contributed by atoms with Crippen LogP contribution in [0.1, 0.15) is 121 Å². The van der Waals surface area contributed by atoms with Crippen LogP contribution in [0, 0.1) is 0 Å². The summed E-state index contributed by atoms with van der Waals surface area (Å²) in [5.74, 6) is -10.2. The third-order valence-electron chi connectivity index (χ3n) is 15.6. The fourth-order valence-corrected chi connectivity index (χ4v) is 10.9. The molecule has 6 heterocycles. The van der Waals surface area contributed by atoms with Gasteiger partial charge in [0, 0.05) is 55.3 Å². The Kier molecular flexibility index (Phi) is 38.0. The van der Waals surface area contributed by atoms with E-state index in [9.17, 15) is 81.5 Å². The second kappa shape index (κ2) is 46.8. The Labute approximate surface area is 648 Å². The number of imide groups is 6. The van der Waals surface area contributed by atoms with E-state index in [1.54, 1.807) is 20.8 Å². The van der Waals surface area contributed by atoms with Crippen LogP contribution in [0.15, 0.2) is 64.8 Å².